The largest absolute Gasteiger partial charge is 0.490 e. The highest BCUT2D eigenvalue weighted by atomic mass is 32.2. The zero-order valence-corrected chi connectivity index (χ0v) is 19.2. The van der Waals surface area contributed by atoms with Crippen molar-refractivity contribution in [3.8, 4) is 17.2 Å². The van der Waals surface area contributed by atoms with E-state index in [0.29, 0.717) is 43.1 Å². The average molecular weight is 497 g/mol. The molecule has 0 bridgehead atoms. The molecule has 2 aromatic rings. The smallest absolute Gasteiger partial charge is 0.387 e. The Kier molecular flexibility index (Phi) is 7.52. The second kappa shape index (κ2) is 10.6. The Bertz CT molecular complexity index is 1120. The summed E-state index contributed by atoms with van der Waals surface area (Å²) in [5.74, 6) is 0.308. The van der Waals surface area contributed by atoms with Crippen molar-refractivity contribution in [1.82, 2.24) is 9.62 Å². The minimum absolute atomic E-state index is 0.00819. The molecule has 1 saturated heterocycles. The lowest BCUT2D eigenvalue weighted by Gasteiger charge is -2.30. The van der Waals surface area contributed by atoms with Crippen LogP contribution in [0, 0.1) is 5.92 Å². The molecule has 0 aliphatic carbocycles. The minimum Gasteiger partial charge on any atom is -0.490 e. The zero-order chi connectivity index (χ0) is 24.1. The molecular formula is C23H26F2N2O6S. The number of nitrogens with one attached hydrogen (secondary N) is 1. The Hall–Kier alpha value is -2.92. The van der Waals surface area contributed by atoms with Crippen LogP contribution in [-0.4, -0.2) is 51.5 Å². The number of sulfonamides is 1. The van der Waals surface area contributed by atoms with Crippen LogP contribution < -0.4 is 19.5 Å². The van der Waals surface area contributed by atoms with Crippen LogP contribution in [0.4, 0.5) is 8.78 Å². The molecule has 1 fully saturated rings. The van der Waals surface area contributed by atoms with Crippen LogP contribution in [-0.2, 0) is 21.4 Å². The number of rotatable bonds is 7. The van der Waals surface area contributed by atoms with Crippen LogP contribution in [0.5, 0.6) is 17.2 Å². The number of carbonyl (C=O) groups is 1. The highest BCUT2D eigenvalue weighted by molar-refractivity contribution is 7.89. The summed E-state index contributed by atoms with van der Waals surface area (Å²) in [5.41, 5.74) is 0.436. The van der Waals surface area contributed by atoms with E-state index in [1.807, 2.05) is 0 Å². The first-order valence-corrected chi connectivity index (χ1v) is 12.5. The molecule has 0 spiro atoms. The van der Waals surface area contributed by atoms with Crippen molar-refractivity contribution in [2.45, 2.75) is 37.3 Å². The Balaban J connectivity index is 1.34. The van der Waals surface area contributed by atoms with Gasteiger partial charge < -0.3 is 19.5 Å². The Morgan fingerprint density at radius 1 is 1.09 bits per heavy atom. The Morgan fingerprint density at radius 2 is 1.79 bits per heavy atom. The minimum atomic E-state index is -3.75. The van der Waals surface area contributed by atoms with Crippen molar-refractivity contribution in [2.75, 3.05) is 26.3 Å². The van der Waals surface area contributed by atoms with E-state index in [9.17, 15) is 22.0 Å². The topological polar surface area (TPSA) is 94.2 Å². The predicted octanol–water partition coefficient (Wildman–Crippen LogP) is 3.17. The van der Waals surface area contributed by atoms with Crippen LogP contribution in [0.1, 0.15) is 24.8 Å². The summed E-state index contributed by atoms with van der Waals surface area (Å²) in [5, 5.41) is 2.75. The molecule has 4 rings (SSSR count). The first-order valence-electron chi connectivity index (χ1n) is 11.0. The van der Waals surface area contributed by atoms with Crippen LogP contribution in [0.25, 0.3) is 0 Å². The lowest BCUT2D eigenvalue weighted by Crippen LogP contribution is -2.42. The van der Waals surface area contributed by atoms with Crippen molar-refractivity contribution in [3.63, 3.8) is 0 Å². The monoisotopic (exact) mass is 496 g/mol. The van der Waals surface area contributed by atoms with Gasteiger partial charge >= 0.3 is 6.61 Å². The fraction of sp³-hybridized carbons (Fsp3) is 0.435. The van der Waals surface area contributed by atoms with Gasteiger partial charge in [0.1, 0.15) is 5.75 Å². The van der Waals surface area contributed by atoms with E-state index in [1.54, 1.807) is 24.3 Å². The van der Waals surface area contributed by atoms with Crippen LogP contribution in [0.15, 0.2) is 47.4 Å². The number of nitrogens with zero attached hydrogens (tertiary/aromatic N) is 1. The molecule has 0 aromatic heterocycles. The van der Waals surface area contributed by atoms with Gasteiger partial charge in [-0.15, -0.1) is 0 Å². The van der Waals surface area contributed by atoms with Gasteiger partial charge in [0, 0.05) is 43.6 Å². The molecule has 0 atom stereocenters. The molecule has 34 heavy (non-hydrogen) atoms. The molecule has 2 aromatic carbocycles. The lowest BCUT2D eigenvalue weighted by atomic mass is 9.97. The van der Waals surface area contributed by atoms with E-state index in [-0.39, 0.29) is 42.1 Å². The maximum absolute atomic E-state index is 13.1. The number of para-hydroxylation sites is 1. The molecule has 8 nitrogen and oxygen atoms in total. The summed E-state index contributed by atoms with van der Waals surface area (Å²) in [6.45, 7) is -1.56. The number of benzene rings is 2. The number of amides is 1. The number of carbonyl (C=O) groups excluding carboxylic acids is 1. The van der Waals surface area contributed by atoms with Gasteiger partial charge in [0.05, 0.1) is 18.1 Å². The zero-order valence-electron chi connectivity index (χ0n) is 18.4. The maximum Gasteiger partial charge on any atom is 0.387 e. The molecule has 1 amide bonds. The van der Waals surface area contributed by atoms with Gasteiger partial charge in [0.2, 0.25) is 15.9 Å². The van der Waals surface area contributed by atoms with Crippen molar-refractivity contribution in [3.05, 3.63) is 48.0 Å². The van der Waals surface area contributed by atoms with Gasteiger partial charge in [0.15, 0.2) is 11.5 Å². The van der Waals surface area contributed by atoms with E-state index in [4.69, 9.17) is 9.47 Å². The van der Waals surface area contributed by atoms with Crippen molar-refractivity contribution in [2.24, 2.45) is 5.92 Å². The average Bonchev–Trinajstić information content (AvgIpc) is 3.08. The fourth-order valence-corrected chi connectivity index (χ4v) is 5.48. The number of fused-ring (bicyclic) bond motifs is 1. The van der Waals surface area contributed by atoms with Gasteiger partial charge in [-0.05, 0) is 31.0 Å². The molecule has 2 aliphatic heterocycles. The third kappa shape index (κ3) is 5.58. The van der Waals surface area contributed by atoms with E-state index >= 15 is 0 Å². The highest BCUT2D eigenvalue weighted by Crippen LogP contribution is 2.34. The third-order valence-electron chi connectivity index (χ3n) is 5.82. The molecule has 1 N–H and O–H groups in total. The van der Waals surface area contributed by atoms with Crippen LogP contribution in [0.3, 0.4) is 0 Å². The second-order valence-electron chi connectivity index (χ2n) is 8.04. The van der Waals surface area contributed by atoms with Crippen molar-refractivity contribution in [1.29, 1.82) is 0 Å². The number of ether oxygens (including phenoxy) is 3. The number of piperidine rings is 1. The number of hydrogen-bond donors (Lipinski definition) is 1. The van der Waals surface area contributed by atoms with Crippen molar-refractivity contribution < 1.29 is 36.2 Å². The first-order chi connectivity index (χ1) is 16.3. The summed E-state index contributed by atoms with van der Waals surface area (Å²) < 4.78 is 68.4. The molecule has 184 valence electrons. The Labute approximate surface area is 196 Å². The summed E-state index contributed by atoms with van der Waals surface area (Å²) in [4.78, 5) is 12.7. The van der Waals surface area contributed by atoms with Gasteiger partial charge in [-0.3, -0.25) is 4.79 Å². The van der Waals surface area contributed by atoms with Gasteiger partial charge in [-0.25, -0.2) is 8.42 Å². The molecular weight excluding hydrogens is 470 g/mol. The van der Waals surface area contributed by atoms with Gasteiger partial charge in [0.25, 0.3) is 0 Å². The first kappa shape index (κ1) is 24.2. The van der Waals surface area contributed by atoms with Crippen LogP contribution in [0.2, 0.25) is 0 Å². The highest BCUT2D eigenvalue weighted by Gasteiger charge is 2.32. The summed E-state index contributed by atoms with van der Waals surface area (Å²) in [6, 6.07) is 10.8. The third-order valence-corrected chi connectivity index (χ3v) is 7.72. The van der Waals surface area contributed by atoms with E-state index in [2.05, 4.69) is 10.1 Å². The SMILES string of the molecule is O=C(NCc1ccccc1OC(F)F)C1CCN(S(=O)(=O)c2ccc3c(c2)OCCCO3)CC1. The standard InChI is InChI=1S/C23H26F2N2O6S/c24-23(25)33-19-5-2-1-4-17(19)15-26-22(28)16-8-10-27(11-9-16)34(29,30)18-6-7-20-21(14-18)32-13-3-12-31-20/h1-2,4-7,14,16,23H,3,8-13,15H2,(H,26,28). The normalized spacial score (nSPS) is 17.3. The molecule has 2 heterocycles. The lowest BCUT2D eigenvalue weighted by molar-refractivity contribution is -0.126. The number of alkyl halides is 2. The van der Waals surface area contributed by atoms with E-state index in [1.165, 1.54) is 22.5 Å². The fourth-order valence-electron chi connectivity index (χ4n) is 4.00. The summed E-state index contributed by atoms with van der Waals surface area (Å²) in [7, 11) is -3.75. The number of hydrogen-bond acceptors (Lipinski definition) is 6. The van der Waals surface area contributed by atoms with E-state index in [0.717, 1.165) is 6.42 Å². The molecule has 0 unspecified atom stereocenters. The van der Waals surface area contributed by atoms with Crippen molar-refractivity contribution >= 4 is 15.9 Å². The summed E-state index contributed by atoms with van der Waals surface area (Å²) >= 11 is 0. The van der Waals surface area contributed by atoms with Gasteiger partial charge in [-0.2, -0.15) is 13.1 Å². The maximum atomic E-state index is 13.1. The molecule has 2 aliphatic rings. The molecule has 11 heteroatoms. The second-order valence-corrected chi connectivity index (χ2v) is 9.98. The van der Waals surface area contributed by atoms with Gasteiger partial charge in [-0.1, -0.05) is 18.2 Å². The quantitative estimate of drug-likeness (QED) is 0.633. The summed E-state index contributed by atoms with van der Waals surface area (Å²) in [6.07, 6.45) is 1.42. The predicted molar refractivity (Wildman–Crippen MR) is 118 cm³/mol. The van der Waals surface area contributed by atoms with E-state index < -0.39 is 16.6 Å². The Morgan fingerprint density at radius 3 is 2.53 bits per heavy atom. The van der Waals surface area contributed by atoms with Crippen LogP contribution >= 0.6 is 0 Å². The number of halogens is 2. The molecule has 0 radical (unpaired) electrons. The molecule has 0 saturated carbocycles.